The summed E-state index contributed by atoms with van der Waals surface area (Å²) in [6.07, 6.45) is 5.73. The molecule has 8 heteroatoms. The van der Waals surface area contributed by atoms with E-state index < -0.39 is 0 Å². The number of hydrogen-bond acceptors (Lipinski definition) is 6. The third-order valence-electron chi connectivity index (χ3n) is 5.54. The van der Waals surface area contributed by atoms with Crippen LogP contribution in [0.4, 0.5) is 4.79 Å². The molecule has 2 aromatic heterocycles. The molecule has 0 bridgehead atoms. The quantitative estimate of drug-likeness (QED) is 0.746. The first kappa shape index (κ1) is 19.8. The van der Waals surface area contributed by atoms with Crippen LogP contribution in [0.15, 0.2) is 29.9 Å². The predicted octanol–water partition coefficient (Wildman–Crippen LogP) is 3.68. The zero-order valence-corrected chi connectivity index (χ0v) is 17.6. The maximum atomic E-state index is 12.9. The lowest BCUT2D eigenvalue weighted by Gasteiger charge is -2.38. The van der Waals surface area contributed by atoms with E-state index in [1.54, 1.807) is 12.4 Å². The highest BCUT2D eigenvalue weighted by atomic mass is 32.1. The van der Waals surface area contributed by atoms with Gasteiger partial charge in [0.05, 0.1) is 6.04 Å². The van der Waals surface area contributed by atoms with E-state index in [1.807, 2.05) is 27.3 Å². The average Bonchev–Trinajstić information content (AvgIpc) is 3.35. The van der Waals surface area contributed by atoms with Crippen LogP contribution in [0.1, 0.15) is 43.6 Å². The Morgan fingerprint density at radius 1 is 1.28 bits per heavy atom. The Hall–Kier alpha value is -2.48. The van der Waals surface area contributed by atoms with Crippen LogP contribution in [-0.4, -0.2) is 63.5 Å². The monoisotopic (exact) mass is 414 g/mol. The second-order valence-electron chi connectivity index (χ2n) is 8.06. The number of carbonyl (C=O) groups is 2. The summed E-state index contributed by atoms with van der Waals surface area (Å²) in [5, 5.41) is 2.64. The molecule has 4 rings (SSSR count). The minimum atomic E-state index is -0.207. The van der Waals surface area contributed by atoms with Gasteiger partial charge in [-0.3, -0.25) is 14.7 Å². The Morgan fingerprint density at radius 3 is 2.69 bits per heavy atom. The van der Waals surface area contributed by atoms with Gasteiger partial charge in [-0.1, -0.05) is 13.8 Å². The first-order chi connectivity index (χ1) is 14.0. The molecule has 2 saturated heterocycles. The number of thiazole rings is 1. The molecule has 0 aromatic carbocycles. The number of carbonyl (C=O) groups excluding carboxylic acids is 2. The van der Waals surface area contributed by atoms with Gasteiger partial charge in [0.1, 0.15) is 17.3 Å². The van der Waals surface area contributed by atoms with Crippen molar-refractivity contribution in [2.45, 2.75) is 45.2 Å². The highest BCUT2D eigenvalue weighted by Gasteiger charge is 2.40. The topological polar surface area (TPSA) is 75.6 Å². The summed E-state index contributed by atoms with van der Waals surface area (Å²) in [4.78, 5) is 37.5. The van der Waals surface area contributed by atoms with Crippen molar-refractivity contribution in [2.24, 2.45) is 5.92 Å². The highest BCUT2D eigenvalue weighted by Crippen LogP contribution is 2.28. The number of ether oxygens (including phenoxy) is 1. The summed E-state index contributed by atoms with van der Waals surface area (Å²) >= 11 is 1.47. The van der Waals surface area contributed by atoms with Crippen molar-refractivity contribution < 1.29 is 14.3 Å². The maximum absolute atomic E-state index is 12.9. The van der Waals surface area contributed by atoms with Crippen LogP contribution in [-0.2, 0) is 4.74 Å². The molecule has 2 amide bonds. The second kappa shape index (κ2) is 8.49. The largest absolute Gasteiger partial charge is 0.447 e. The number of pyridine rings is 1. The van der Waals surface area contributed by atoms with E-state index in [-0.39, 0.29) is 24.1 Å². The zero-order chi connectivity index (χ0) is 20.4. The van der Waals surface area contributed by atoms with Crippen LogP contribution in [0.2, 0.25) is 0 Å². The Morgan fingerprint density at radius 2 is 2.00 bits per heavy atom. The minimum Gasteiger partial charge on any atom is -0.447 e. The van der Waals surface area contributed by atoms with E-state index in [9.17, 15) is 9.59 Å². The SMILES string of the molecule is CC(C)C[C@@H]1COC(=O)N1C1CCN(C(=O)c2csc(-c3ccncc3)n2)CC1. The molecule has 0 spiro atoms. The number of amides is 2. The fourth-order valence-electron chi connectivity index (χ4n) is 4.15. The lowest BCUT2D eigenvalue weighted by molar-refractivity contribution is 0.0625. The number of likely N-dealkylation sites (tertiary alicyclic amines) is 1. The first-order valence-corrected chi connectivity index (χ1v) is 11.0. The van der Waals surface area contributed by atoms with Crippen LogP contribution >= 0.6 is 11.3 Å². The second-order valence-corrected chi connectivity index (χ2v) is 8.92. The molecule has 2 aliphatic rings. The normalized spacial score (nSPS) is 20.4. The maximum Gasteiger partial charge on any atom is 0.410 e. The van der Waals surface area contributed by atoms with Crippen LogP contribution in [0, 0.1) is 5.92 Å². The van der Waals surface area contributed by atoms with Crippen LogP contribution in [0.5, 0.6) is 0 Å². The van der Waals surface area contributed by atoms with Crippen molar-refractivity contribution in [1.29, 1.82) is 0 Å². The number of aromatic nitrogens is 2. The summed E-state index contributed by atoms with van der Waals surface area (Å²) in [5.74, 6) is 0.473. The average molecular weight is 415 g/mol. The molecule has 0 saturated carbocycles. The standard InChI is InChI=1S/C21H26N4O3S/c1-14(2)11-17-12-28-21(27)25(17)16-5-9-24(10-6-16)20(26)18-13-29-19(23-18)15-3-7-22-8-4-15/h3-4,7-8,13-14,16-17H,5-6,9-12H2,1-2H3/t17-/m1/s1. The van der Waals surface area contributed by atoms with Crippen molar-refractivity contribution in [2.75, 3.05) is 19.7 Å². The van der Waals surface area contributed by atoms with Gasteiger partial charge < -0.3 is 9.64 Å². The third-order valence-corrected chi connectivity index (χ3v) is 6.43. The van der Waals surface area contributed by atoms with E-state index in [0.717, 1.165) is 29.8 Å². The molecule has 0 N–H and O–H groups in total. The van der Waals surface area contributed by atoms with Crippen molar-refractivity contribution in [3.05, 3.63) is 35.6 Å². The molecule has 0 aliphatic carbocycles. The molecule has 29 heavy (non-hydrogen) atoms. The van der Waals surface area contributed by atoms with Gasteiger partial charge in [-0.15, -0.1) is 11.3 Å². The van der Waals surface area contributed by atoms with E-state index in [0.29, 0.717) is 31.3 Å². The summed E-state index contributed by atoms with van der Waals surface area (Å²) in [6, 6.07) is 4.07. The van der Waals surface area contributed by atoms with Crippen LogP contribution in [0.25, 0.3) is 10.6 Å². The van der Waals surface area contributed by atoms with Gasteiger partial charge in [0.25, 0.3) is 5.91 Å². The van der Waals surface area contributed by atoms with Gasteiger partial charge in [0, 0.05) is 42.5 Å². The lowest BCUT2D eigenvalue weighted by atomic mass is 9.98. The summed E-state index contributed by atoms with van der Waals surface area (Å²) in [5.41, 5.74) is 1.45. The van der Waals surface area contributed by atoms with E-state index in [1.165, 1.54) is 11.3 Å². The van der Waals surface area contributed by atoms with Gasteiger partial charge in [-0.2, -0.15) is 0 Å². The summed E-state index contributed by atoms with van der Waals surface area (Å²) in [7, 11) is 0. The third kappa shape index (κ3) is 4.27. The fraction of sp³-hybridized carbons (Fsp3) is 0.524. The van der Waals surface area contributed by atoms with E-state index in [4.69, 9.17) is 4.74 Å². The van der Waals surface area contributed by atoms with Crippen molar-refractivity contribution in [3.63, 3.8) is 0 Å². The highest BCUT2D eigenvalue weighted by molar-refractivity contribution is 7.13. The summed E-state index contributed by atoms with van der Waals surface area (Å²) in [6.45, 7) is 6.06. The van der Waals surface area contributed by atoms with E-state index in [2.05, 4.69) is 23.8 Å². The number of piperidine rings is 1. The molecule has 2 fully saturated rings. The van der Waals surface area contributed by atoms with Gasteiger partial charge in [-0.25, -0.2) is 9.78 Å². The fourth-order valence-corrected chi connectivity index (χ4v) is 4.95. The zero-order valence-electron chi connectivity index (χ0n) is 16.8. The van der Waals surface area contributed by atoms with Crippen LogP contribution in [0.3, 0.4) is 0 Å². The van der Waals surface area contributed by atoms with Gasteiger partial charge in [0.15, 0.2) is 0 Å². The number of cyclic esters (lactones) is 1. The van der Waals surface area contributed by atoms with Crippen molar-refractivity contribution in [3.8, 4) is 10.6 Å². The Bertz CT molecular complexity index is 862. The van der Waals surface area contributed by atoms with Crippen molar-refractivity contribution >= 4 is 23.3 Å². The Kier molecular flexibility index (Phi) is 5.80. The van der Waals surface area contributed by atoms with Crippen molar-refractivity contribution in [1.82, 2.24) is 19.8 Å². The Balaban J connectivity index is 1.38. The molecule has 2 aromatic rings. The number of nitrogens with zero attached hydrogens (tertiary/aromatic N) is 4. The van der Waals surface area contributed by atoms with E-state index >= 15 is 0 Å². The lowest BCUT2D eigenvalue weighted by Crippen LogP contribution is -2.50. The minimum absolute atomic E-state index is 0.0391. The number of hydrogen-bond donors (Lipinski definition) is 0. The predicted molar refractivity (Wildman–Crippen MR) is 111 cm³/mol. The molecular weight excluding hydrogens is 388 g/mol. The Labute approximate surface area is 174 Å². The molecule has 1 atom stereocenters. The molecular formula is C21H26N4O3S. The van der Waals surface area contributed by atoms with Gasteiger partial charge in [-0.05, 0) is 37.3 Å². The smallest absolute Gasteiger partial charge is 0.410 e. The van der Waals surface area contributed by atoms with Crippen LogP contribution < -0.4 is 0 Å². The number of rotatable bonds is 5. The summed E-state index contributed by atoms with van der Waals surface area (Å²) < 4.78 is 5.31. The molecule has 154 valence electrons. The molecule has 0 radical (unpaired) electrons. The first-order valence-electron chi connectivity index (χ1n) is 10.1. The molecule has 0 unspecified atom stereocenters. The molecule has 2 aliphatic heterocycles. The molecule has 4 heterocycles. The van der Waals surface area contributed by atoms with Gasteiger partial charge in [0.2, 0.25) is 0 Å². The van der Waals surface area contributed by atoms with Gasteiger partial charge >= 0.3 is 6.09 Å². The molecule has 7 nitrogen and oxygen atoms in total.